The first-order valence-electron chi connectivity index (χ1n) is 8.19. The standard InChI is InChI=1S/C19H17F3N4O/c1-11-14-4-3-13(20)10-17(14)24-18(6-7-23)26(11)25-19(27)9-12-2-5-15(21)16(22)8-12/h2-5,8,10H,1,6-7,9,23H2,(H,25,27). The van der Waals surface area contributed by atoms with Crippen LogP contribution in [0.4, 0.5) is 18.9 Å². The lowest BCUT2D eigenvalue weighted by Crippen LogP contribution is -2.46. The lowest BCUT2D eigenvalue weighted by Gasteiger charge is -2.32. The highest BCUT2D eigenvalue weighted by molar-refractivity contribution is 5.99. The van der Waals surface area contributed by atoms with E-state index in [9.17, 15) is 18.0 Å². The summed E-state index contributed by atoms with van der Waals surface area (Å²) in [7, 11) is 0. The van der Waals surface area contributed by atoms with Crippen molar-refractivity contribution in [3.63, 3.8) is 0 Å². The number of benzene rings is 2. The zero-order valence-electron chi connectivity index (χ0n) is 14.3. The number of rotatable bonds is 5. The summed E-state index contributed by atoms with van der Waals surface area (Å²) in [4.78, 5) is 16.7. The number of nitrogens with one attached hydrogen (secondary N) is 1. The van der Waals surface area contributed by atoms with Crippen molar-refractivity contribution in [2.45, 2.75) is 12.8 Å². The molecule has 0 saturated heterocycles. The number of aliphatic imine (C=N–C) groups is 1. The van der Waals surface area contributed by atoms with Crippen molar-refractivity contribution >= 4 is 23.1 Å². The van der Waals surface area contributed by atoms with Gasteiger partial charge in [0.15, 0.2) is 11.6 Å². The first-order chi connectivity index (χ1) is 12.9. The monoisotopic (exact) mass is 374 g/mol. The quantitative estimate of drug-likeness (QED) is 0.845. The smallest absolute Gasteiger partial charge is 0.243 e. The lowest BCUT2D eigenvalue weighted by molar-refractivity contribution is -0.122. The molecule has 2 aromatic carbocycles. The van der Waals surface area contributed by atoms with Gasteiger partial charge in [-0.25, -0.2) is 23.2 Å². The molecular formula is C19H17F3N4O. The van der Waals surface area contributed by atoms with E-state index in [1.54, 1.807) is 0 Å². The summed E-state index contributed by atoms with van der Waals surface area (Å²) in [6.45, 7) is 4.20. The fourth-order valence-electron chi connectivity index (χ4n) is 2.73. The van der Waals surface area contributed by atoms with Gasteiger partial charge in [-0.05, 0) is 36.4 Å². The molecule has 0 atom stereocenters. The average Bonchev–Trinajstić information content (AvgIpc) is 2.61. The van der Waals surface area contributed by atoms with Gasteiger partial charge in [0.1, 0.15) is 11.7 Å². The molecular weight excluding hydrogens is 357 g/mol. The Hall–Kier alpha value is -3.13. The third-order valence-corrected chi connectivity index (χ3v) is 4.00. The van der Waals surface area contributed by atoms with Gasteiger partial charge in [-0.2, -0.15) is 0 Å². The Bertz CT molecular complexity index is 943. The van der Waals surface area contributed by atoms with Crippen molar-refractivity contribution in [2.75, 3.05) is 6.54 Å². The fourth-order valence-corrected chi connectivity index (χ4v) is 2.73. The molecule has 27 heavy (non-hydrogen) atoms. The molecule has 0 spiro atoms. The van der Waals surface area contributed by atoms with Crippen LogP contribution in [0.5, 0.6) is 0 Å². The Morgan fingerprint density at radius 1 is 1.15 bits per heavy atom. The molecule has 2 aromatic rings. The Balaban J connectivity index is 1.82. The van der Waals surface area contributed by atoms with Gasteiger partial charge in [0, 0.05) is 18.1 Å². The molecule has 1 heterocycles. The van der Waals surface area contributed by atoms with Gasteiger partial charge < -0.3 is 5.73 Å². The number of nitrogens with zero attached hydrogens (tertiary/aromatic N) is 2. The second-order valence-electron chi connectivity index (χ2n) is 5.97. The van der Waals surface area contributed by atoms with Crippen LogP contribution in [0.1, 0.15) is 17.5 Å². The van der Waals surface area contributed by atoms with Crippen molar-refractivity contribution in [1.29, 1.82) is 0 Å². The summed E-state index contributed by atoms with van der Waals surface area (Å²) in [6.07, 6.45) is 0.146. The zero-order valence-corrected chi connectivity index (χ0v) is 14.3. The summed E-state index contributed by atoms with van der Waals surface area (Å²) >= 11 is 0. The predicted molar refractivity (Wildman–Crippen MR) is 96.2 cm³/mol. The maximum Gasteiger partial charge on any atom is 0.243 e. The molecule has 3 N–H and O–H groups in total. The van der Waals surface area contributed by atoms with Crippen LogP contribution in [0.25, 0.3) is 5.70 Å². The molecule has 0 bridgehead atoms. The molecule has 3 rings (SSSR count). The third kappa shape index (κ3) is 4.01. The Morgan fingerprint density at radius 2 is 1.93 bits per heavy atom. The molecule has 1 amide bonds. The molecule has 0 unspecified atom stereocenters. The number of hydrogen-bond acceptors (Lipinski definition) is 4. The first kappa shape index (κ1) is 18.7. The average molecular weight is 374 g/mol. The second kappa shape index (κ2) is 7.63. The number of hydrazine groups is 1. The summed E-state index contributed by atoms with van der Waals surface area (Å²) in [5, 5.41) is 1.38. The number of nitrogens with two attached hydrogens (primary N) is 1. The normalized spacial score (nSPS) is 13.3. The third-order valence-electron chi connectivity index (χ3n) is 4.00. The second-order valence-corrected chi connectivity index (χ2v) is 5.97. The Labute approximate surface area is 154 Å². The van der Waals surface area contributed by atoms with Crippen LogP contribution in [0.15, 0.2) is 48.0 Å². The minimum absolute atomic E-state index is 0.173. The van der Waals surface area contributed by atoms with E-state index in [2.05, 4.69) is 17.0 Å². The van der Waals surface area contributed by atoms with E-state index in [0.29, 0.717) is 34.8 Å². The van der Waals surface area contributed by atoms with Crippen molar-refractivity contribution in [2.24, 2.45) is 10.7 Å². The number of carbonyl (C=O) groups is 1. The maximum atomic E-state index is 13.5. The molecule has 8 heteroatoms. The van der Waals surface area contributed by atoms with Gasteiger partial charge in [0.2, 0.25) is 5.91 Å². The van der Waals surface area contributed by atoms with Crippen LogP contribution in [-0.2, 0) is 11.2 Å². The Morgan fingerprint density at radius 3 is 2.63 bits per heavy atom. The number of carbonyl (C=O) groups excluding carboxylic acids is 1. The summed E-state index contributed by atoms with van der Waals surface area (Å²) in [5.41, 5.74) is 9.92. The van der Waals surface area contributed by atoms with E-state index in [-0.39, 0.29) is 13.0 Å². The highest BCUT2D eigenvalue weighted by Crippen LogP contribution is 2.33. The summed E-state index contributed by atoms with van der Waals surface area (Å²) in [5.74, 6) is -2.52. The molecule has 0 radical (unpaired) electrons. The van der Waals surface area contributed by atoms with Crippen LogP contribution >= 0.6 is 0 Å². The van der Waals surface area contributed by atoms with Crippen molar-refractivity contribution in [3.8, 4) is 0 Å². The van der Waals surface area contributed by atoms with Gasteiger partial charge in [0.25, 0.3) is 0 Å². The SMILES string of the molecule is C=C1c2ccc(F)cc2N=C(CCN)N1NC(=O)Cc1ccc(F)c(F)c1. The Kier molecular flexibility index (Phi) is 5.27. The van der Waals surface area contributed by atoms with Crippen LogP contribution in [-0.4, -0.2) is 23.3 Å². The van der Waals surface area contributed by atoms with Gasteiger partial charge >= 0.3 is 0 Å². The largest absolute Gasteiger partial charge is 0.330 e. The van der Waals surface area contributed by atoms with Crippen LogP contribution in [0.2, 0.25) is 0 Å². The molecule has 0 fully saturated rings. The molecule has 140 valence electrons. The van der Waals surface area contributed by atoms with Crippen molar-refractivity contribution in [3.05, 3.63) is 71.6 Å². The number of amides is 1. The number of hydrogen-bond donors (Lipinski definition) is 2. The lowest BCUT2D eigenvalue weighted by atomic mass is 10.1. The van der Waals surface area contributed by atoms with E-state index in [1.165, 1.54) is 29.3 Å². The minimum atomic E-state index is -1.02. The fraction of sp³-hybridized carbons (Fsp3) is 0.158. The summed E-state index contributed by atoms with van der Waals surface area (Å²) in [6, 6.07) is 7.32. The van der Waals surface area contributed by atoms with E-state index < -0.39 is 23.4 Å². The van der Waals surface area contributed by atoms with Gasteiger partial charge in [0.05, 0.1) is 17.8 Å². The van der Waals surface area contributed by atoms with E-state index in [1.807, 2.05) is 0 Å². The maximum absolute atomic E-state index is 13.5. The number of halogens is 3. The molecule has 5 nitrogen and oxygen atoms in total. The number of fused-ring (bicyclic) bond motifs is 1. The summed E-state index contributed by atoms with van der Waals surface area (Å²) < 4.78 is 39.8. The molecule has 0 aliphatic carbocycles. The zero-order chi connectivity index (χ0) is 19.6. The first-order valence-corrected chi connectivity index (χ1v) is 8.19. The molecule has 1 aliphatic heterocycles. The number of amidine groups is 1. The predicted octanol–water partition coefficient (Wildman–Crippen LogP) is 3.04. The van der Waals surface area contributed by atoms with Gasteiger partial charge in [-0.1, -0.05) is 12.6 Å². The highest BCUT2D eigenvalue weighted by atomic mass is 19.2. The van der Waals surface area contributed by atoms with Crippen LogP contribution < -0.4 is 11.2 Å². The molecule has 1 aliphatic rings. The highest BCUT2D eigenvalue weighted by Gasteiger charge is 2.25. The molecule has 0 saturated carbocycles. The van der Waals surface area contributed by atoms with Crippen molar-refractivity contribution < 1.29 is 18.0 Å². The van der Waals surface area contributed by atoms with Crippen LogP contribution in [0, 0.1) is 17.5 Å². The van der Waals surface area contributed by atoms with Crippen LogP contribution in [0.3, 0.4) is 0 Å². The minimum Gasteiger partial charge on any atom is -0.330 e. The van der Waals surface area contributed by atoms with Gasteiger partial charge in [-0.3, -0.25) is 10.2 Å². The molecule has 0 aromatic heterocycles. The van der Waals surface area contributed by atoms with E-state index in [4.69, 9.17) is 5.73 Å². The van der Waals surface area contributed by atoms with Crippen molar-refractivity contribution in [1.82, 2.24) is 10.4 Å². The topological polar surface area (TPSA) is 70.7 Å². The van der Waals surface area contributed by atoms with E-state index >= 15 is 0 Å². The van der Waals surface area contributed by atoms with Gasteiger partial charge in [-0.15, -0.1) is 0 Å². The van der Waals surface area contributed by atoms with E-state index in [0.717, 1.165) is 12.1 Å².